The first-order valence-corrected chi connectivity index (χ1v) is 6.56. The fourth-order valence-electron chi connectivity index (χ4n) is 2.16. The summed E-state index contributed by atoms with van der Waals surface area (Å²) in [5, 5.41) is 11.3. The molecule has 2 aromatic heterocycles. The van der Waals surface area contributed by atoms with Crippen molar-refractivity contribution in [1.82, 2.24) is 19.8 Å². The molecule has 100 valence electrons. The predicted octanol–water partition coefficient (Wildman–Crippen LogP) is 2.23. The minimum Gasteiger partial charge on any atom is -0.486 e. The Bertz CT molecular complexity index is 855. The van der Waals surface area contributed by atoms with Gasteiger partial charge in [-0.15, -0.1) is 0 Å². The Morgan fingerprint density at radius 3 is 2.85 bits per heavy atom. The number of aromatic nitrogens is 4. The van der Waals surface area contributed by atoms with Crippen molar-refractivity contribution in [2.75, 3.05) is 13.2 Å². The molecule has 6 nitrogen and oxygen atoms in total. The summed E-state index contributed by atoms with van der Waals surface area (Å²) in [6, 6.07) is 9.53. The van der Waals surface area contributed by atoms with Crippen molar-refractivity contribution in [1.29, 1.82) is 0 Å². The number of H-pyrrole nitrogens is 1. The molecule has 0 unspecified atom stereocenters. The summed E-state index contributed by atoms with van der Waals surface area (Å²) in [4.78, 5) is 0. The van der Waals surface area contributed by atoms with Crippen molar-refractivity contribution in [3.05, 3.63) is 35.1 Å². The summed E-state index contributed by atoms with van der Waals surface area (Å²) < 4.78 is 13.2. The molecule has 0 amide bonds. The monoisotopic (exact) mass is 286 g/mol. The van der Waals surface area contributed by atoms with Crippen LogP contribution in [0.5, 0.6) is 11.5 Å². The second kappa shape index (κ2) is 4.31. The van der Waals surface area contributed by atoms with E-state index in [4.69, 9.17) is 21.7 Å². The molecule has 1 aromatic carbocycles. The molecule has 1 aliphatic heterocycles. The maximum Gasteiger partial charge on any atom is 0.216 e. The van der Waals surface area contributed by atoms with Crippen LogP contribution in [0.15, 0.2) is 30.3 Å². The lowest BCUT2D eigenvalue weighted by Gasteiger charge is -2.18. The Kier molecular flexibility index (Phi) is 2.46. The van der Waals surface area contributed by atoms with E-state index < -0.39 is 0 Å². The lowest BCUT2D eigenvalue weighted by molar-refractivity contribution is 0.171. The summed E-state index contributed by atoms with van der Waals surface area (Å²) in [6.45, 7) is 1.15. The molecule has 1 N–H and O–H groups in total. The van der Waals surface area contributed by atoms with E-state index in [2.05, 4.69) is 15.3 Å². The van der Waals surface area contributed by atoms with Gasteiger partial charge in [0, 0.05) is 5.56 Å². The zero-order valence-electron chi connectivity index (χ0n) is 10.4. The second-order valence-corrected chi connectivity index (χ2v) is 4.76. The number of fused-ring (bicyclic) bond motifs is 2. The van der Waals surface area contributed by atoms with Crippen LogP contribution in [0.4, 0.5) is 0 Å². The van der Waals surface area contributed by atoms with Crippen LogP contribution in [0.1, 0.15) is 0 Å². The Morgan fingerprint density at radius 2 is 1.95 bits per heavy atom. The molecule has 7 heteroatoms. The van der Waals surface area contributed by atoms with E-state index in [1.54, 1.807) is 4.52 Å². The molecule has 3 aromatic rings. The minimum absolute atomic E-state index is 0.472. The molecule has 0 atom stereocenters. The first-order valence-electron chi connectivity index (χ1n) is 6.16. The number of hydrogen-bond donors (Lipinski definition) is 1. The van der Waals surface area contributed by atoms with Crippen LogP contribution in [0, 0.1) is 4.77 Å². The number of nitrogens with one attached hydrogen (secondary N) is 1. The Labute approximate surface area is 119 Å². The van der Waals surface area contributed by atoms with Crippen molar-refractivity contribution in [3.8, 4) is 22.8 Å². The zero-order chi connectivity index (χ0) is 13.5. The Morgan fingerprint density at radius 1 is 1.10 bits per heavy atom. The van der Waals surface area contributed by atoms with Gasteiger partial charge in [0.1, 0.15) is 13.2 Å². The Hall–Kier alpha value is -2.41. The highest BCUT2D eigenvalue weighted by Crippen LogP contribution is 2.33. The van der Waals surface area contributed by atoms with Crippen molar-refractivity contribution < 1.29 is 9.47 Å². The lowest BCUT2D eigenvalue weighted by atomic mass is 10.1. The molecule has 0 fully saturated rings. The molecule has 20 heavy (non-hydrogen) atoms. The van der Waals surface area contributed by atoms with E-state index in [1.165, 1.54) is 0 Å². The van der Waals surface area contributed by atoms with E-state index in [0.29, 0.717) is 23.6 Å². The average Bonchev–Trinajstić information content (AvgIpc) is 2.88. The van der Waals surface area contributed by atoms with Crippen LogP contribution < -0.4 is 9.47 Å². The van der Waals surface area contributed by atoms with Gasteiger partial charge in [-0.2, -0.15) is 14.7 Å². The van der Waals surface area contributed by atoms with E-state index in [-0.39, 0.29) is 0 Å². The first kappa shape index (κ1) is 11.4. The third kappa shape index (κ3) is 1.75. The highest BCUT2D eigenvalue weighted by molar-refractivity contribution is 7.71. The first-order chi connectivity index (χ1) is 9.81. The largest absolute Gasteiger partial charge is 0.486 e. The van der Waals surface area contributed by atoms with Crippen LogP contribution in [0.2, 0.25) is 0 Å². The third-order valence-corrected chi connectivity index (χ3v) is 3.38. The predicted molar refractivity (Wildman–Crippen MR) is 74.6 cm³/mol. The van der Waals surface area contributed by atoms with Gasteiger partial charge in [-0.25, -0.2) is 5.10 Å². The van der Waals surface area contributed by atoms with Gasteiger partial charge in [0.05, 0.1) is 5.69 Å². The second-order valence-electron chi connectivity index (χ2n) is 4.38. The van der Waals surface area contributed by atoms with Gasteiger partial charge in [-0.1, -0.05) is 0 Å². The van der Waals surface area contributed by atoms with Gasteiger partial charge >= 0.3 is 0 Å². The van der Waals surface area contributed by atoms with Gasteiger partial charge in [-0.05, 0) is 42.5 Å². The number of nitrogens with zero attached hydrogens (tertiary/aromatic N) is 3. The van der Waals surface area contributed by atoms with E-state index in [9.17, 15) is 0 Å². The average molecular weight is 286 g/mol. The van der Waals surface area contributed by atoms with Crippen LogP contribution in [0.25, 0.3) is 16.9 Å². The number of hydrogen-bond acceptors (Lipinski definition) is 5. The number of benzene rings is 1. The molecule has 4 rings (SSSR count). The third-order valence-electron chi connectivity index (χ3n) is 3.11. The van der Waals surface area contributed by atoms with Crippen LogP contribution in [0.3, 0.4) is 0 Å². The van der Waals surface area contributed by atoms with Gasteiger partial charge in [0.25, 0.3) is 0 Å². The van der Waals surface area contributed by atoms with Crippen molar-refractivity contribution in [2.24, 2.45) is 0 Å². The van der Waals surface area contributed by atoms with E-state index in [0.717, 1.165) is 22.8 Å². The van der Waals surface area contributed by atoms with Crippen molar-refractivity contribution in [2.45, 2.75) is 0 Å². The fourth-order valence-corrected chi connectivity index (χ4v) is 2.34. The molecular formula is C13H10N4O2S. The summed E-state index contributed by atoms with van der Waals surface area (Å²) >= 11 is 5.13. The zero-order valence-corrected chi connectivity index (χ0v) is 11.2. The van der Waals surface area contributed by atoms with Gasteiger partial charge in [0.2, 0.25) is 4.77 Å². The fraction of sp³-hybridized carbons (Fsp3) is 0.154. The van der Waals surface area contributed by atoms with Crippen LogP contribution in [-0.4, -0.2) is 33.0 Å². The minimum atomic E-state index is 0.472. The molecule has 0 saturated heterocycles. The summed E-state index contributed by atoms with van der Waals surface area (Å²) in [5.74, 6) is 1.51. The topological polar surface area (TPSA) is 64.4 Å². The number of ether oxygens (including phenoxy) is 2. The van der Waals surface area contributed by atoms with Crippen LogP contribution >= 0.6 is 12.2 Å². The quantitative estimate of drug-likeness (QED) is 0.695. The number of aromatic amines is 1. The summed E-state index contributed by atoms with van der Waals surface area (Å²) in [5.41, 5.74) is 2.43. The molecule has 0 spiro atoms. The maximum absolute atomic E-state index is 5.58. The normalized spacial score (nSPS) is 13.6. The highest BCUT2D eigenvalue weighted by atomic mass is 32.1. The van der Waals surface area contributed by atoms with E-state index in [1.807, 2.05) is 30.3 Å². The van der Waals surface area contributed by atoms with Crippen LogP contribution in [-0.2, 0) is 0 Å². The molecule has 1 aliphatic rings. The molecule has 3 heterocycles. The van der Waals surface area contributed by atoms with Gasteiger partial charge in [0.15, 0.2) is 17.1 Å². The molecule has 0 radical (unpaired) electrons. The molecule has 0 aliphatic carbocycles. The summed E-state index contributed by atoms with van der Waals surface area (Å²) in [6.07, 6.45) is 0. The Balaban J connectivity index is 1.85. The smallest absolute Gasteiger partial charge is 0.216 e. The van der Waals surface area contributed by atoms with Gasteiger partial charge < -0.3 is 9.47 Å². The number of rotatable bonds is 1. The standard InChI is InChI=1S/C13H10N4O2S/c20-13-15-14-12-4-2-9(16-17(12)13)8-1-3-10-11(7-8)19-6-5-18-10/h1-4,7H,5-6H2,(H,15,20). The van der Waals surface area contributed by atoms with Gasteiger partial charge in [-0.3, -0.25) is 0 Å². The lowest BCUT2D eigenvalue weighted by Crippen LogP contribution is -2.15. The molecule has 0 saturated carbocycles. The summed E-state index contributed by atoms with van der Waals surface area (Å²) in [7, 11) is 0. The highest BCUT2D eigenvalue weighted by Gasteiger charge is 2.13. The van der Waals surface area contributed by atoms with Crippen molar-refractivity contribution in [3.63, 3.8) is 0 Å². The van der Waals surface area contributed by atoms with E-state index >= 15 is 0 Å². The SMILES string of the molecule is S=c1[nH]nc2ccc(-c3ccc4c(c3)OCCO4)nn12. The maximum atomic E-state index is 5.58. The molecular weight excluding hydrogens is 276 g/mol. The van der Waals surface area contributed by atoms with Crippen molar-refractivity contribution >= 4 is 17.9 Å². The molecule has 0 bridgehead atoms.